The number of carbonyl (C=O) groups is 3. The van der Waals surface area contributed by atoms with Crippen LogP contribution in [-0.4, -0.2) is 29.1 Å². The van der Waals surface area contributed by atoms with Crippen molar-refractivity contribution in [1.82, 2.24) is 5.06 Å². The van der Waals surface area contributed by atoms with E-state index in [1.54, 1.807) is 0 Å². The molecule has 16 heavy (non-hydrogen) atoms. The van der Waals surface area contributed by atoms with Gasteiger partial charge in [0, 0.05) is 12.8 Å². The molecular weight excluding hydrogens is 214 g/mol. The average Bonchev–Trinajstić information content (AvgIpc) is 2.57. The van der Waals surface area contributed by atoms with Gasteiger partial charge in [0.25, 0.3) is 11.8 Å². The van der Waals surface area contributed by atoms with Gasteiger partial charge in [-0.1, -0.05) is 18.9 Å². The number of rotatable bonds is 4. The highest BCUT2D eigenvalue weighted by molar-refractivity contribution is 6.01. The van der Waals surface area contributed by atoms with Gasteiger partial charge in [0.1, 0.15) is 6.10 Å². The van der Waals surface area contributed by atoms with E-state index in [0.29, 0.717) is 17.9 Å². The van der Waals surface area contributed by atoms with Gasteiger partial charge in [-0.25, -0.2) is 4.79 Å². The molecule has 0 saturated carbocycles. The lowest BCUT2D eigenvalue weighted by Crippen LogP contribution is -2.33. The summed E-state index contributed by atoms with van der Waals surface area (Å²) >= 11 is 0. The molecule has 0 aromatic heterocycles. The lowest BCUT2D eigenvalue weighted by atomic mass is 10.2. The Balaban J connectivity index is 2.45. The SMILES string of the molecule is CCC(CC)OC(=O)ON1C(=O)CCC1=O. The van der Waals surface area contributed by atoms with Crippen LogP contribution in [0.3, 0.4) is 0 Å². The number of amides is 2. The maximum Gasteiger partial charge on any atom is 0.534 e. The first-order chi connectivity index (χ1) is 7.58. The van der Waals surface area contributed by atoms with Gasteiger partial charge in [-0.3, -0.25) is 14.4 Å². The second-order valence-electron chi connectivity index (χ2n) is 3.48. The van der Waals surface area contributed by atoms with Crippen molar-refractivity contribution in [2.75, 3.05) is 0 Å². The molecule has 1 fully saturated rings. The summed E-state index contributed by atoms with van der Waals surface area (Å²) in [6.07, 6.45) is 0.229. The van der Waals surface area contributed by atoms with Crippen molar-refractivity contribution in [3.05, 3.63) is 0 Å². The summed E-state index contributed by atoms with van der Waals surface area (Å²) in [6.45, 7) is 3.74. The zero-order valence-electron chi connectivity index (χ0n) is 9.39. The predicted molar refractivity (Wildman–Crippen MR) is 53.0 cm³/mol. The lowest BCUT2D eigenvalue weighted by molar-refractivity contribution is -0.178. The van der Waals surface area contributed by atoms with E-state index >= 15 is 0 Å². The summed E-state index contributed by atoms with van der Waals surface area (Å²) in [5.74, 6) is -1.02. The molecule has 0 bridgehead atoms. The molecule has 1 rings (SSSR count). The molecule has 90 valence electrons. The van der Waals surface area contributed by atoms with E-state index in [-0.39, 0.29) is 18.9 Å². The van der Waals surface area contributed by atoms with E-state index in [1.165, 1.54) is 0 Å². The largest absolute Gasteiger partial charge is 0.534 e. The van der Waals surface area contributed by atoms with Crippen molar-refractivity contribution >= 4 is 18.0 Å². The fourth-order valence-corrected chi connectivity index (χ4v) is 1.35. The number of carbonyl (C=O) groups excluding carboxylic acids is 3. The highest BCUT2D eigenvalue weighted by atomic mass is 16.8. The normalized spacial score (nSPS) is 15.8. The Kier molecular flexibility index (Phi) is 4.28. The summed E-state index contributed by atoms with van der Waals surface area (Å²) in [4.78, 5) is 38.0. The van der Waals surface area contributed by atoms with E-state index < -0.39 is 18.0 Å². The van der Waals surface area contributed by atoms with Crippen LogP contribution in [0.5, 0.6) is 0 Å². The van der Waals surface area contributed by atoms with Crippen LogP contribution in [0.2, 0.25) is 0 Å². The topological polar surface area (TPSA) is 72.9 Å². The van der Waals surface area contributed by atoms with E-state index in [1.807, 2.05) is 13.8 Å². The van der Waals surface area contributed by atoms with Gasteiger partial charge in [-0.15, -0.1) is 0 Å². The molecule has 0 spiro atoms. The standard InChI is InChI=1S/C10H15NO5/c1-3-7(4-2)15-10(14)16-11-8(12)5-6-9(11)13/h7H,3-6H2,1-2H3. The molecule has 1 aliphatic rings. The van der Waals surface area contributed by atoms with Crippen LogP contribution in [0, 0.1) is 0 Å². The second-order valence-corrected chi connectivity index (χ2v) is 3.48. The maximum atomic E-state index is 11.2. The Morgan fingerprint density at radius 1 is 1.25 bits per heavy atom. The van der Waals surface area contributed by atoms with Gasteiger partial charge in [0.15, 0.2) is 0 Å². The summed E-state index contributed by atoms with van der Waals surface area (Å²) < 4.78 is 4.90. The molecule has 0 unspecified atom stereocenters. The Labute approximate surface area is 93.4 Å². The van der Waals surface area contributed by atoms with Crippen LogP contribution in [0.1, 0.15) is 39.5 Å². The first-order valence-corrected chi connectivity index (χ1v) is 5.32. The monoisotopic (exact) mass is 229 g/mol. The number of nitrogens with zero attached hydrogens (tertiary/aromatic N) is 1. The lowest BCUT2D eigenvalue weighted by Gasteiger charge is -2.16. The van der Waals surface area contributed by atoms with Crippen molar-refractivity contribution in [1.29, 1.82) is 0 Å². The first kappa shape index (κ1) is 12.5. The molecular formula is C10H15NO5. The summed E-state index contributed by atoms with van der Waals surface area (Å²) in [6, 6.07) is 0. The molecule has 1 aliphatic heterocycles. The third-order valence-corrected chi connectivity index (χ3v) is 2.35. The van der Waals surface area contributed by atoms with E-state index in [4.69, 9.17) is 4.74 Å². The number of ether oxygens (including phenoxy) is 1. The summed E-state index contributed by atoms with van der Waals surface area (Å²) in [5.41, 5.74) is 0. The van der Waals surface area contributed by atoms with Crippen molar-refractivity contribution in [3.63, 3.8) is 0 Å². The Bertz CT molecular complexity index is 282. The maximum absolute atomic E-state index is 11.2. The molecule has 6 heteroatoms. The average molecular weight is 229 g/mol. The van der Waals surface area contributed by atoms with Gasteiger partial charge in [0.05, 0.1) is 0 Å². The molecule has 0 aromatic carbocycles. The van der Waals surface area contributed by atoms with E-state index in [0.717, 1.165) is 0 Å². The minimum Gasteiger partial charge on any atom is -0.429 e. The van der Waals surface area contributed by atoms with Crippen LogP contribution < -0.4 is 0 Å². The fraction of sp³-hybridized carbons (Fsp3) is 0.700. The molecule has 0 N–H and O–H groups in total. The Morgan fingerprint density at radius 3 is 2.19 bits per heavy atom. The highest BCUT2D eigenvalue weighted by Gasteiger charge is 2.33. The minimum atomic E-state index is -1.00. The number of hydrogen-bond acceptors (Lipinski definition) is 5. The van der Waals surface area contributed by atoms with Gasteiger partial charge >= 0.3 is 6.16 Å². The fourth-order valence-electron chi connectivity index (χ4n) is 1.35. The number of hydrogen-bond donors (Lipinski definition) is 0. The van der Waals surface area contributed by atoms with Crippen molar-refractivity contribution in [2.24, 2.45) is 0 Å². The molecule has 2 amide bonds. The van der Waals surface area contributed by atoms with E-state index in [9.17, 15) is 14.4 Å². The molecule has 0 aliphatic carbocycles. The van der Waals surface area contributed by atoms with Gasteiger partial charge in [0.2, 0.25) is 0 Å². The van der Waals surface area contributed by atoms with Crippen molar-refractivity contribution in [3.8, 4) is 0 Å². The second kappa shape index (κ2) is 5.48. The molecule has 6 nitrogen and oxygen atoms in total. The molecule has 0 radical (unpaired) electrons. The third-order valence-electron chi connectivity index (χ3n) is 2.35. The van der Waals surface area contributed by atoms with Crippen molar-refractivity contribution < 1.29 is 24.0 Å². The van der Waals surface area contributed by atoms with Gasteiger partial charge in [-0.05, 0) is 12.8 Å². The van der Waals surface area contributed by atoms with Gasteiger partial charge < -0.3 is 4.74 Å². The number of hydroxylamine groups is 2. The van der Waals surface area contributed by atoms with Gasteiger partial charge in [-0.2, -0.15) is 0 Å². The summed E-state index contributed by atoms with van der Waals surface area (Å²) in [7, 11) is 0. The molecule has 1 saturated heterocycles. The third kappa shape index (κ3) is 2.95. The molecule has 0 aromatic rings. The van der Waals surface area contributed by atoms with Crippen LogP contribution in [0.4, 0.5) is 4.79 Å². The highest BCUT2D eigenvalue weighted by Crippen LogP contribution is 2.13. The summed E-state index contributed by atoms with van der Waals surface area (Å²) in [5, 5.41) is 0.477. The Hall–Kier alpha value is -1.59. The zero-order valence-corrected chi connectivity index (χ0v) is 9.39. The first-order valence-electron chi connectivity index (χ1n) is 5.32. The van der Waals surface area contributed by atoms with Crippen LogP contribution in [-0.2, 0) is 19.2 Å². The van der Waals surface area contributed by atoms with Crippen LogP contribution in [0.15, 0.2) is 0 Å². The number of imide groups is 1. The molecule has 0 atom stereocenters. The smallest absolute Gasteiger partial charge is 0.429 e. The zero-order chi connectivity index (χ0) is 12.1. The quantitative estimate of drug-likeness (QED) is 0.538. The predicted octanol–water partition coefficient (Wildman–Crippen LogP) is 1.39. The van der Waals surface area contributed by atoms with E-state index in [2.05, 4.69) is 4.84 Å². The molecule has 1 heterocycles. The minimum absolute atomic E-state index is 0.0805. The Morgan fingerprint density at radius 2 is 1.75 bits per heavy atom. The van der Waals surface area contributed by atoms with Crippen molar-refractivity contribution in [2.45, 2.75) is 45.6 Å². The van der Waals surface area contributed by atoms with Crippen LogP contribution in [0.25, 0.3) is 0 Å². The van der Waals surface area contributed by atoms with Crippen LogP contribution >= 0.6 is 0 Å².